The maximum absolute atomic E-state index is 12.4. The van der Waals surface area contributed by atoms with Gasteiger partial charge in [0.2, 0.25) is 10.0 Å². The second-order valence-electron chi connectivity index (χ2n) is 5.53. The van der Waals surface area contributed by atoms with E-state index < -0.39 is 10.0 Å². The van der Waals surface area contributed by atoms with E-state index in [4.69, 9.17) is 5.73 Å². The van der Waals surface area contributed by atoms with Crippen LogP contribution >= 0.6 is 0 Å². The summed E-state index contributed by atoms with van der Waals surface area (Å²) in [5, 5.41) is 0. The van der Waals surface area contributed by atoms with Crippen LogP contribution in [0.3, 0.4) is 0 Å². The Morgan fingerprint density at radius 1 is 1.33 bits per heavy atom. The first-order valence-electron chi connectivity index (χ1n) is 6.89. The molecule has 1 aromatic carbocycles. The van der Waals surface area contributed by atoms with Crippen molar-refractivity contribution in [2.75, 3.05) is 25.1 Å². The predicted molar refractivity (Wildman–Crippen MR) is 82.5 cm³/mol. The fourth-order valence-electron chi connectivity index (χ4n) is 2.46. The number of nitrogens with one attached hydrogen (secondary N) is 1. The number of piperidine rings is 1. The Hall–Kier alpha value is -1.60. The maximum Gasteiger partial charge on any atom is 0.253 e. The van der Waals surface area contributed by atoms with Crippen LogP contribution in [0.4, 0.5) is 5.69 Å². The van der Waals surface area contributed by atoms with E-state index in [1.165, 1.54) is 0 Å². The van der Waals surface area contributed by atoms with Crippen LogP contribution in [0.1, 0.15) is 28.8 Å². The van der Waals surface area contributed by atoms with Crippen molar-refractivity contribution in [2.45, 2.75) is 25.8 Å². The zero-order valence-electron chi connectivity index (χ0n) is 12.3. The number of anilines is 1. The Morgan fingerprint density at radius 2 is 1.95 bits per heavy atom. The van der Waals surface area contributed by atoms with E-state index in [1.807, 2.05) is 13.0 Å². The summed E-state index contributed by atoms with van der Waals surface area (Å²) in [6.07, 6.45) is 2.40. The van der Waals surface area contributed by atoms with Crippen LogP contribution in [0, 0.1) is 6.92 Å². The Kier molecular flexibility index (Phi) is 4.53. The lowest BCUT2D eigenvalue weighted by Gasteiger charge is -2.32. The van der Waals surface area contributed by atoms with Crippen molar-refractivity contribution in [1.29, 1.82) is 0 Å². The quantitative estimate of drug-likeness (QED) is 0.805. The molecule has 1 saturated heterocycles. The molecule has 0 saturated carbocycles. The van der Waals surface area contributed by atoms with Gasteiger partial charge in [-0.3, -0.25) is 4.79 Å². The molecule has 1 aliphatic rings. The van der Waals surface area contributed by atoms with Crippen LogP contribution in [-0.2, 0) is 10.0 Å². The molecule has 116 valence electrons. The highest BCUT2D eigenvalue weighted by atomic mass is 32.2. The van der Waals surface area contributed by atoms with Gasteiger partial charge in [0.25, 0.3) is 5.91 Å². The number of likely N-dealkylation sites (tertiary alicyclic amines) is 1. The third kappa shape index (κ3) is 4.18. The molecule has 0 aromatic heterocycles. The Morgan fingerprint density at radius 3 is 2.48 bits per heavy atom. The van der Waals surface area contributed by atoms with Gasteiger partial charge in [-0.2, -0.15) is 0 Å². The number of carbonyl (C=O) groups excluding carboxylic acids is 1. The number of rotatable bonds is 3. The van der Waals surface area contributed by atoms with Crippen LogP contribution in [-0.4, -0.2) is 44.6 Å². The Balaban J connectivity index is 1.98. The van der Waals surface area contributed by atoms with Gasteiger partial charge in [0.05, 0.1) is 6.26 Å². The zero-order valence-corrected chi connectivity index (χ0v) is 13.1. The monoisotopic (exact) mass is 311 g/mol. The molecule has 1 aliphatic heterocycles. The van der Waals surface area contributed by atoms with E-state index in [0.29, 0.717) is 37.2 Å². The number of aryl methyl sites for hydroxylation is 1. The minimum Gasteiger partial charge on any atom is -0.398 e. The number of sulfonamides is 1. The van der Waals surface area contributed by atoms with Gasteiger partial charge < -0.3 is 10.6 Å². The second-order valence-corrected chi connectivity index (χ2v) is 7.31. The smallest absolute Gasteiger partial charge is 0.253 e. The summed E-state index contributed by atoms with van der Waals surface area (Å²) in [5.74, 6) is -0.0560. The molecule has 6 nitrogen and oxygen atoms in total. The number of amides is 1. The summed E-state index contributed by atoms with van der Waals surface area (Å²) < 4.78 is 25.0. The largest absolute Gasteiger partial charge is 0.398 e. The van der Waals surface area contributed by atoms with Crippen LogP contribution in [0.25, 0.3) is 0 Å². The minimum atomic E-state index is -3.19. The first kappa shape index (κ1) is 15.8. The topological polar surface area (TPSA) is 92.5 Å². The van der Waals surface area contributed by atoms with E-state index in [2.05, 4.69) is 4.72 Å². The number of hydrogen-bond acceptors (Lipinski definition) is 4. The van der Waals surface area contributed by atoms with E-state index >= 15 is 0 Å². The summed E-state index contributed by atoms with van der Waals surface area (Å²) in [7, 11) is -3.19. The zero-order chi connectivity index (χ0) is 15.6. The van der Waals surface area contributed by atoms with Crippen molar-refractivity contribution in [1.82, 2.24) is 9.62 Å². The van der Waals surface area contributed by atoms with Crippen molar-refractivity contribution in [2.24, 2.45) is 0 Å². The molecule has 0 bridgehead atoms. The molecule has 1 heterocycles. The summed E-state index contributed by atoms with van der Waals surface area (Å²) >= 11 is 0. The van der Waals surface area contributed by atoms with Gasteiger partial charge in [-0.25, -0.2) is 13.1 Å². The van der Waals surface area contributed by atoms with Crippen LogP contribution in [0.15, 0.2) is 18.2 Å². The molecule has 0 spiro atoms. The maximum atomic E-state index is 12.4. The number of nitrogens with two attached hydrogens (primary N) is 1. The average Bonchev–Trinajstić information content (AvgIpc) is 2.40. The van der Waals surface area contributed by atoms with E-state index in [-0.39, 0.29) is 11.9 Å². The molecule has 7 heteroatoms. The third-order valence-corrected chi connectivity index (χ3v) is 4.45. The molecular weight excluding hydrogens is 290 g/mol. The van der Waals surface area contributed by atoms with E-state index in [9.17, 15) is 13.2 Å². The molecule has 21 heavy (non-hydrogen) atoms. The van der Waals surface area contributed by atoms with Crippen molar-refractivity contribution < 1.29 is 13.2 Å². The fraction of sp³-hybridized carbons (Fsp3) is 0.500. The van der Waals surface area contributed by atoms with Gasteiger partial charge in [-0.15, -0.1) is 0 Å². The number of nitrogen functional groups attached to an aromatic ring is 1. The number of nitrogens with zero attached hydrogens (tertiary/aromatic N) is 1. The summed E-state index contributed by atoms with van der Waals surface area (Å²) in [6, 6.07) is 5.21. The highest BCUT2D eigenvalue weighted by molar-refractivity contribution is 7.88. The van der Waals surface area contributed by atoms with Crippen LogP contribution < -0.4 is 10.5 Å². The number of hydrogen-bond donors (Lipinski definition) is 2. The van der Waals surface area contributed by atoms with Crippen molar-refractivity contribution >= 4 is 21.6 Å². The Bertz CT molecular complexity index is 635. The van der Waals surface area contributed by atoms with Gasteiger partial charge in [0.1, 0.15) is 0 Å². The third-order valence-electron chi connectivity index (χ3n) is 3.69. The number of benzene rings is 1. The van der Waals surface area contributed by atoms with Crippen molar-refractivity contribution in [3.05, 3.63) is 29.3 Å². The summed E-state index contributed by atoms with van der Waals surface area (Å²) in [5.41, 5.74) is 7.96. The lowest BCUT2D eigenvalue weighted by Crippen LogP contribution is -2.46. The molecular formula is C14H21N3O3S. The predicted octanol–water partition coefficient (Wildman–Crippen LogP) is 0.731. The first-order chi connectivity index (χ1) is 9.76. The molecule has 1 amide bonds. The summed E-state index contributed by atoms with van der Waals surface area (Å²) in [6.45, 7) is 2.98. The second kappa shape index (κ2) is 6.03. The fourth-order valence-corrected chi connectivity index (χ4v) is 3.30. The highest BCUT2D eigenvalue weighted by Gasteiger charge is 2.25. The SMILES string of the molecule is Cc1ccc(C(=O)N2CCC(NS(C)(=O)=O)CC2)cc1N. The van der Waals surface area contributed by atoms with Crippen LogP contribution in [0.2, 0.25) is 0 Å². The molecule has 0 aliphatic carbocycles. The number of carbonyl (C=O) groups is 1. The normalized spacial score (nSPS) is 17.0. The lowest BCUT2D eigenvalue weighted by molar-refractivity contribution is 0.0711. The van der Waals surface area contributed by atoms with Gasteiger partial charge in [0.15, 0.2) is 0 Å². The highest BCUT2D eigenvalue weighted by Crippen LogP contribution is 2.18. The molecule has 0 unspecified atom stereocenters. The molecule has 1 fully saturated rings. The molecule has 1 aromatic rings. The molecule has 3 N–H and O–H groups in total. The minimum absolute atomic E-state index is 0.0560. The summed E-state index contributed by atoms with van der Waals surface area (Å²) in [4.78, 5) is 14.1. The molecule has 0 radical (unpaired) electrons. The first-order valence-corrected chi connectivity index (χ1v) is 8.78. The standard InChI is InChI=1S/C14H21N3O3S/c1-10-3-4-11(9-13(10)15)14(18)17-7-5-12(6-8-17)16-21(2,19)20/h3-4,9,12,16H,5-8,15H2,1-2H3. The van der Waals surface area contributed by atoms with Gasteiger partial charge in [-0.05, 0) is 37.5 Å². The Labute approximate surface area is 125 Å². The van der Waals surface area contributed by atoms with Crippen LogP contribution in [0.5, 0.6) is 0 Å². The molecule has 2 rings (SSSR count). The lowest BCUT2D eigenvalue weighted by atomic mass is 10.0. The van der Waals surface area contributed by atoms with Gasteiger partial charge in [0, 0.05) is 30.4 Å². The van der Waals surface area contributed by atoms with Gasteiger partial charge in [-0.1, -0.05) is 6.07 Å². The van der Waals surface area contributed by atoms with Crippen molar-refractivity contribution in [3.8, 4) is 0 Å². The van der Waals surface area contributed by atoms with Gasteiger partial charge >= 0.3 is 0 Å². The van der Waals surface area contributed by atoms with E-state index in [0.717, 1.165) is 11.8 Å². The van der Waals surface area contributed by atoms with E-state index in [1.54, 1.807) is 17.0 Å². The molecule has 0 atom stereocenters. The average molecular weight is 311 g/mol. The van der Waals surface area contributed by atoms with Crippen molar-refractivity contribution in [3.63, 3.8) is 0 Å².